The number of rotatable bonds is 9. The van der Waals surface area contributed by atoms with Crippen molar-refractivity contribution in [2.24, 2.45) is 0 Å². The van der Waals surface area contributed by atoms with Crippen molar-refractivity contribution in [1.29, 1.82) is 0 Å². The fourth-order valence-electron chi connectivity index (χ4n) is 3.61. The third-order valence-electron chi connectivity index (χ3n) is 5.91. The lowest BCUT2D eigenvalue weighted by Gasteiger charge is -2.30. The van der Waals surface area contributed by atoms with Gasteiger partial charge in [0, 0.05) is 11.1 Å². The Balaban J connectivity index is 1.63. The van der Waals surface area contributed by atoms with Crippen LogP contribution in [0.4, 0.5) is 17.6 Å². The van der Waals surface area contributed by atoms with Crippen molar-refractivity contribution in [3.05, 3.63) is 70.6 Å². The Morgan fingerprint density at radius 2 is 1.74 bits per heavy atom. The van der Waals surface area contributed by atoms with Crippen LogP contribution in [0.15, 0.2) is 48.5 Å². The maximum atomic E-state index is 14.2. The molecule has 0 radical (unpaired) electrons. The summed E-state index contributed by atoms with van der Waals surface area (Å²) in [5.41, 5.74) is -4.35. The van der Waals surface area contributed by atoms with Gasteiger partial charge in [-0.3, -0.25) is 4.79 Å². The fourth-order valence-corrected chi connectivity index (χ4v) is 3.79. The van der Waals surface area contributed by atoms with Crippen LogP contribution in [0.1, 0.15) is 28.9 Å². The lowest BCUT2D eigenvalue weighted by molar-refractivity contribution is -0.265. The van der Waals surface area contributed by atoms with Gasteiger partial charge in [-0.2, -0.15) is 13.2 Å². The average Bonchev–Trinajstić information content (AvgIpc) is 3.72. The number of carbonyl (C=O) groups is 1. The van der Waals surface area contributed by atoms with Crippen LogP contribution in [0.5, 0.6) is 17.2 Å². The number of benzene rings is 2. The Hall–Kier alpha value is -3.57. The molecule has 1 aliphatic rings. The van der Waals surface area contributed by atoms with E-state index in [0.717, 1.165) is 25.0 Å². The Morgan fingerprint density at radius 3 is 2.34 bits per heavy atom. The zero-order valence-electron chi connectivity index (χ0n) is 20.2. The molecule has 202 valence electrons. The zero-order valence-corrected chi connectivity index (χ0v) is 21.0. The summed E-state index contributed by atoms with van der Waals surface area (Å²) in [6.45, 7) is -1.25. The Kier molecular flexibility index (Phi) is 7.70. The first-order valence-electron chi connectivity index (χ1n) is 11.4. The van der Waals surface area contributed by atoms with E-state index in [1.807, 2.05) is 0 Å². The maximum Gasteiger partial charge on any atom is 0.424 e. The standard InChI is InChI=1S/C26H23ClF4N2O5/c1-36-20-9-10-22(33-23(20)14-3-7-18(28)17(27)11-14)25(35,26(29,30)31)13-32-24(34)15-4-8-19(21(12-15)37-2)38-16-5-6-16/h3-4,7-12,16,35H,5-6,13H2,1-2H3,(H,32,34). The van der Waals surface area contributed by atoms with Gasteiger partial charge in [0.2, 0.25) is 5.60 Å². The Morgan fingerprint density at radius 1 is 1.05 bits per heavy atom. The predicted molar refractivity (Wildman–Crippen MR) is 130 cm³/mol. The summed E-state index contributed by atoms with van der Waals surface area (Å²) in [7, 11) is 2.65. The number of aliphatic hydroxyl groups is 1. The summed E-state index contributed by atoms with van der Waals surface area (Å²) in [6.07, 6.45) is -3.37. The number of alkyl halides is 3. The van der Waals surface area contributed by atoms with E-state index >= 15 is 0 Å². The van der Waals surface area contributed by atoms with Crippen LogP contribution in [0, 0.1) is 5.82 Å². The molecular formula is C26H23ClF4N2O5. The van der Waals surface area contributed by atoms with Crippen molar-refractivity contribution < 1.29 is 41.7 Å². The number of nitrogens with one attached hydrogen (secondary N) is 1. The van der Waals surface area contributed by atoms with E-state index in [0.29, 0.717) is 5.75 Å². The highest BCUT2D eigenvalue weighted by molar-refractivity contribution is 6.31. The smallest absolute Gasteiger partial charge is 0.424 e. The third kappa shape index (κ3) is 5.63. The van der Waals surface area contributed by atoms with E-state index in [1.165, 1.54) is 50.6 Å². The molecule has 38 heavy (non-hydrogen) atoms. The largest absolute Gasteiger partial charge is 0.494 e. The molecule has 12 heteroatoms. The maximum absolute atomic E-state index is 14.2. The van der Waals surface area contributed by atoms with Crippen molar-refractivity contribution in [2.45, 2.75) is 30.7 Å². The summed E-state index contributed by atoms with van der Waals surface area (Å²) in [4.78, 5) is 16.7. The molecule has 0 aliphatic heterocycles. The molecule has 1 unspecified atom stereocenters. The number of aromatic nitrogens is 1. The zero-order chi connectivity index (χ0) is 27.7. The second-order valence-corrected chi connectivity index (χ2v) is 9.01. The van der Waals surface area contributed by atoms with Crippen LogP contribution in [-0.2, 0) is 5.60 Å². The van der Waals surface area contributed by atoms with Gasteiger partial charge < -0.3 is 24.6 Å². The van der Waals surface area contributed by atoms with E-state index in [2.05, 4.69) is 10.3 Å². The molecule has 0 bridgehead atoms. The van der Waals surface area contributed by atoms with Gasteiger partial charge in [0.15, 0.2) is 11.5 Å². The molecule has 0 saturated heterocycles. The summed E-state index contributed by atoms with van der Waals surface area (Å²) < 4.78 is 72.3. The minimum Gasteiger partial charge on any atom is -0.494 e. The van der Waals surface area contributed by atoms with E-state index < -0.39 is 35.7 Å². The molecule has 1 atom stereocenters. The van der Waals surface area contributed by atoms with Crippen molar-refractivity contribution in [3.63, 3.8) is 0 Å². The van der Waals surface area contributed by atoms with Crippen LogP contribution in [0.2, 0.25) is 5.02 Å². The molecule has 0 spiro atoms. The topological polar surface area (TPSA) is 89.9 Å². The monoisotopic (exact) mass is 554 g/mol. The van der Waals surface area contributed by atoms with Crippen LogP contribution >= 0.6 is 11.6 Å². The van der Waals surface area contributed by atoms with Crippen molar-refractivity contribution in [1.82, 2.24) is 10.3 Å². The normalized spacial score (nSPS) is 14.9. The first kappa shape index (κ1) is 27.5. The summed E-state index contributed by atoms with van der Waals surface area (Å²) in [6, 6.07) is 9.77. The van der Waals surface area contributed by atoms with Crippen molar-refractivity contribution >= 4 is 17.5 Å². The predicted octanol–water partition coefficient (Wildman–Crippen LogP) is 5.28. The van der Waals surface area contributed by atoms with Gasteiger partial charge in [0.1, 0.15) is 17.3 Å². The molecule has 7 nitrogen and oxygen atoms in total. The number of methoxy groups -OCH3 is 2. The molecule has 2 N–H and O–H groups in total. The van der Waals surface area contributed by atoms with Gasteiger partial charge in [0.05, 0.1) is 37.6 Å². The molecule has 1 aromatic heterocycles. The van der Waals surface area contributed by atoms with Gasteiger partial charge in [-0.1, -0.05) is 11.6 Å². The first-order valence-corrected chi connectivity index (χ1v) is 11.8. The minimum absolute atomic E-state index is 0.00106. The summed E-state index contributed by atoms with van der Waals surface area (Å²) >= 11 is 5.83. The van der Waals surface area contributed by atoms with Gasteiger partial charge in [-0.25, -0.2) is 9.37 Å². The lowest BCUT2D eigenvalue weighted by Crippen LogP contribution is -2.51. The van der Waals surface area contributed by atoms with Crippen LogP contribution < -0.4 is 19.5 Å². The quantitative estimate of drug-likeness (QED) is 0.350. The van der Waals surface area contributed by atoms with E-state index in [1.54, 1.807) is 0 Å². The molecule has 1 fully saturated rings. The van der Waals surface area contributed by atoms with E-state index in [-0.39, 0.29) is 39.4 Å². The molecule has 1 aliphatic carbocycles. The minimum atomic E-state index is -5.24. The molecule has 1 heterocycles. The number of pyridine rings is 1. The number of amides is 1. The Labute approximate surface area is 220 Å². The second kappa shape index (κ2) is 10.7. The third-order valence-corrected chi connectivity index (χ3v) is 6.20. The molecule has 1 amide bonds. The number of halogens is 5. The van der Waals surface area contributed by atoms with E-state index in [9.17, 15) is 27.5 Å². The molecule has 4 rings (SSSR count). The summed E-state index contributed by atoms with van der Waals surface area (Å²) in [5, 5.41) is 12.7. The number of ether oxygens (including phenoxy) is 3. The van der Waals surface area contributed by atoms with Gasteiger partial charge in [0.25, 0.3) is 5.91 Å². The second-order valence-electron chi connectivity index (χ2n) is 8.60. The van der Waals surface area contributed by atoms with E-state index in [4.69, 9.17) is 25.8 Å². The highest BCUT2D eigenvalue weighted by Gasteiger charge is 2.56. The molecule has 1 saturated carbocycles. The van der Waals surface area contributed by atoms with Gasteiger partial charge in [-0.15, -0.1) is 0 Å². The SMILES string of the molecule is COc1cc(C(=O)NCC(O)(c2ccc(OC)c(-c3ccc(F)c(Cl)c3)n2)C(F)(F)F)ccc1OC1CC1. The number of hydrogen-bond donors (Lipinski definition) is 2. The highest BCUT2D eigenvalue weighted by atomic mass is 35.5. The Bertz CT molecular complexity index is 1350. The van der Waals surface area contributed by atoms with Gasteiger partial charge >= 0.3 is 6.18 Å². The van der Waals surface area contributed by atoms with Crippen LogP contribution in [-0.4, -0.2) is 49.0 Å². The molecular weight excluding hydrogens is 532 g/mol. The highest BCUT2D eigenvalue weighted by Crippen LogP contribution is 2.41. The number of hydrogen-bond acceptors (Lipinski definition) is 6. The number of nitrogens with zero attached hydrogens (tertiary/aromatic N) is 1. The average molecular weight is 555 g/mol. The summed E-state index contributed by atoms with van der Waals surface area (Å²) in [5.74, 6) is -0.901. The number of carbonyl (C=O) groups excluding carboxylic acids is 1. The van der Waals surface area contributed by atoms with Crippen molar-refractivity contribution in [2.75, 3.05) is 20.8 Å². The molecule has 2 aromatic carbocycles. The van der Waals surface area contributed by atoms with Crippen LogP contribution in [0.3, 0.4) is 0 Å². The van der Waals surface area contributed by atoms with Gasteiger partial charge in [-0.05, 0) is 61.4 Å². The fraction of sp³-hybridized carbons (Fsp3) is 0.308. The van der Waals surface area contributed by atoms with Crippen molar-refractivity contribution in [3.8, 4) is 28.5 Å². The lowest BCUT2D eigenvalue weighted by atomic mass is 9.96. The van der Waals surface area contributed by atoms with Crippen LogP contribution in [0.25, 0.3) is 11.3 Å². The molecule has 3 aromatic rings. The first-order chi connectivity index (χ1) is 18.0.